The van der Waals surface area contributed by atoms with Crippen LogP contribution in [0.2, 0.25) is 0 Å². The minimum absolute atomic E-state index is 0.224. The van der Waals surface area contributed by atoms with Gasteiger partial charge in [-0.05, 0) is 50.0 Å². The summed E-state index contributed by atoms with van der Waals surface area (Å²) in [4.78, 5) is 12.0. The van der Waals surface area contributed by atoms with E-state index in [4.69, 9.17) is 14.9 Å². The summed E-state index contributed by atoms with van der Waals surface area (Å²) in [5.74, 6) is 2.87. The fraction of sp³-hybridized carbons (Fsp3) is 0.667. The van der Waals surface area contributed by atoms with E-state index >= 15 is 0 Å². The molecule has 0 spiro atoms. The van der Waals surface area contributed by atoms with Crippen molar-refractivity contribution in [3.63, 3.8) is 0 Å². The first-order valence-electron chi connectivity index (χ1n) is 7.23. The molecule has 2 N–H and O–H groups in total. The largest absolute Gasteiger partial charge is 0.468 e. The lowest BCUT2D eigenvalue weighted by atomic mass is 9.86. The summed E-state index contributed by atoms with van der Waals surface area (Å²) in [7, 11) is 0. The molecule has 1 aromatic heterocycles. The van der Waals surface area contributed by atoms with Gasteiger partial charge in [-0.25, -0.2) is 0 Å². The normalized spacial score (nSPS) is 25.8. The molecule has 2 rings (SSSR count). The van der Waals surface area contributed by atoms with Crippen molar-refractivity contribution in [3.05, 3.63) is 24.2 Å². The number of thioether (sulfide) groups is 1. The lowest BCUT2D eigenvalue weighted by Gasteiger charge is -2.28. The van der Waals surface area contributed by atoms with Crippen LogP contribution in [0.25, 0.3) is 0 Å². The Bertz CT molecular complexity index is 421. The third-order valence-electron chi connectivity index (χ3n) is 3.96. The molecule has 0 aliphatic heterocycles. The summed E-state index contributed by atoms with van der Waals surface area (Å²) in [6, 6.07) is 3.88. The van der Waals surface area contributed by atoms with Crippen LogP contribution in [-0.2, 0) is 15.3 Å². The van der Waals surface area contributed by atoms with Crippen molar-refractivity contribution in [2.24, 2.45) is 11.7 Å². The van der Waals surface area contributed by atoms with Gasteiger partial charge >= 0.3 is 5.97 Å². The predicted octanol–water partition coefficient (Wildman–Crippen LogP) is 2.96. The molecule has 2 atom stereocenters. The zero-order valence-corrected chi connectivity index (χ0v) is 12.8. The molecule has 20 heavy (non-hydrogen) atoms. The Balaban J connectivity index is 1.77. The molecule has 0 amide bonds. The molecule has 4 nitrogen and oxygen atoms in total. The van der Waals surface area contributed by atoms with Crippen LogP contribution in [0, 0.1) is 5.92 Å². The van der Waals surface area contributed by atoms with E-state index in [0.717, 1.165) is 42.9 Å². The van der Waals surface area contributed by atoms with E-state index in [0.29, 0.717) is 6.61 Å². The Morgan fingerprint density at radius 2 is 2.50 bits per heavy atom. The third kappa shape index (κ3) is 3.58. The lowest BCUT2D eigenvalue weighted by Crippen LogP contribution is -2.52. The number of ether oxygens (including phenoxy) is 1. The van der Waals surface area contributed by atoms with Crippen molar-refractivity contribution in [1.29, 1.82) is 0 Å². The Morgan fingerprint density at radius 1 is 1.65 bits per heavy atom. The number of hydrogen-bond donors (Lipinski definition) is 1. The topological polar surface area (TPSA) is 65.5 Å². The zero-order valence-electron chi connectivity index (χ0n) is 12.0. The molecular weight excluding hydrogens is 274 g/mol. The van der Waals surface area contributed by atoms with Gasteiger partial charge in [-0.3, -0.25) is 4.79 Å². The lowest BCUT2D eigenvalue weighted by molar-refractivity contribution is -0.151. The monoisotopic (exact) mass is 297 g/mol. The highest BCUT2D eigenvalue weighted by Crippen LogP contribution is 2.37. The van der Waals surface area contributed by atoms with Crippen LogP contribution < -0.4 is 5.73 Å². The molecule has 0 saturated heterocycles. The maximum Gasteiger partial charge on any atom is 0.326 e. The van der Waals surface area contributed by atoms with Crippen molar-refractivity contribution < 1.29 is 13.9 Å². The van der Waals surface area contributed by atoms with Crippen LogP contribution >= 0.6 is 11.8 Å². The highest BCUT2D eigenvalue weighted by molar-refractivity contribution is 7.98. The van der Waals surface area contributed by atoms with E-state index in [-0.39, 0.29) is 11.9 Å². The van der Waals surface area contributed by atoms with Gasteiger partial charge in [-0.2, -0.15) is 11.8 Å². The third-order valence-corrected chi connectivity index (χ3v) is 4.98. The minimum Gasteiger partial charge on any atom is -0.468 e. The van der Waals surface area contributed by atoms with Crippen LogP contribution in [0.5, 0.6) is 0 Å². The standard InChI is InChI=1S/C15H23NO3S/c1-2-18-14(17)15(16)8-3-5-12(15)7-10-20-11-13-6-4-9-19-13/h4,6,9,12H,2-3,5,7-8,10-11,16H2,1H3. The summed E-state index contributed by atoms with van der Waals surface area (Å²) in [5, 5.41) is 0. The van der Waals surface area contributed by atoms with E-state index in [1.807, 2.05) is 30.8 Å². The second-order valence-corrected chi connectivity index (χ2v) is 6.38. The number of furan rings is 1. The Hall–Kier alpha value is -0.940. The van der Waals surface area contributed by atoms with Gasteiger partial charge in [-0.1, -0.05) is 6.42 Å². The maximum absolute atomic E-state index is 12.0. The van der Waals surface area contributed by atoms with E-state index < -0.39 is 5.54 Å². The fourth-order valence-corrected chi connectivity index (χ4v) is 3.79. The molecule has 0 aromatic carbocycles. The average molecular weight is 297 g/mol. The molecule has 1 fully saturated rings. The van der Waals surface area contributed by atoms with Gasteiger partial charge < -0.3 is 14.9 Å². The van der Waals surface area contributed by atoms with Crippen molar-refractivity contribution in [2.75, 3.05) is 12.4 Å². The Kier molecular flexibility index (Phi) is 5.54. The van der Waals surface area contributed by atoms with E-state index in [1.54, 1.807) is 6.26 Å². The van der Waals surface area contributed by atoms with Crippen molar-refractivity contribution in [2.45, 2.75) is 43.9 Å². The fourth-order valence-electron chi connectivity index (χ4n) is 2.83. The van der Waals surface area contributed by atoms with Crippen LogP contribution in [0.1, 0.15) is 38.4 Å². The summed E-state index contributed by atoms with van der Waals surface area (Å²) >= 11 is 1.82. The summed E-state index contributed by atoms with van der Waals surface area (Å²) in [6.07, 6.45) is 5.44. The van der Waals surface area contributed by atoms with Crippen LogP contribution in [0.15, 0.2) is 22.8 Å². The predicted molar refractivity (Wildman–Crippen MR) is 80.4 cm³/mol. The van der Waals surface area contributed by atoms with Gasteiger partial charge in [0.15, 0.2) is 0 Å². The molecule has 0 bridgehead atoms. The molecule has 112 valence electrons. The first-order chi connectivity index (χ1) is 9.66. The van der Waals surface area contributed by atoms with Gasteiger partial charge in [0.05, 0.1) is 18.6 Å². The average Bonchev–Trinajstić information content (AvgIpc) is 3.06. The van der Waals surface area contributed by atoms with Crippen LogP contribution in [0.4, 0.5) is 0 Å². The molecule has 0 radical (unpaired) electrons. The molecule has 1 aliphatic carbocycles. The first kappa shape index (κ1) is 15.4. The summed E-state index contributed by atoms with van der Waals surface area (Å²) < 4.78 is 10.4. The second kappa shape index (κ2) is 7.18. The number of carbonyl (C=O) groups is 1. The summed E-state index contributed by atoms with van der Waals surface area (Å²) in [6.45, 7) is 2.22. The van der Waals surface area contributed by atoms with E-state index in [9.17, 15) is 4.79 Å². The highest BCUT2D eigenvalue weighted by atomic mass is 32.2. The number of esters is 1. The van der Waals surface area contributed by atoms with Gasteiger partial charge in [0.25, 0.3) is 0 Å². The molecule has 1 aliphatic rings. The molecule has 1 aromatic rings. The molecule has 5 heteroatoms. The molecule has 1 heterocycles. The maximum atomic E-state index is 12.0. The Labute approximate surface area is 124 Å². The number of hydrogen-bond acceptors (Lipinski definition) is 5. The highest BCUT2D eigenvalue weighted by Gasteiger charge is 2.46. The van der Waals surface area contributed by atoms with Gasteiger partial charge in [0.1, 0.15) is 11.3 Å². The molecule has 1 saturated carbocycles. The number of nitrogens with two attached hydrogens (primary N) is 1. The SMILES string of the molecule is CCOC(=O)C1(N)CCCC1CCSCc1ccco1. The quantitative estimate of drug-likeness (QED) is 0.619. The molecule has 2 unspecified atom stereocenters. The number of rotatable bonds is 7. The van der Waals surface area contributed by atoms with Crippen LogP contribution in [-0.4, -0.2) is 23.9 Å². The van der Waals surface area contributed by atoms with Crippen molar-refractivity contribution in [1.82, 2.24) is 0 Å². The molecular formula is C15H23NO3S. The van der Waals surface area contributed by atoms with Gasteiger partial charge in [-0.15, -0.1) is 0 Å². The van der Waals surface area contributed by atoms with Crippen molar-refractivity contribution >= 4 is 17.7 Å². The first-order valence-corrected chi connectivity index (χ1v) is 8.38. The Morgan fingerprint density at radius 3 is 3.20 bits per heavy atom. The smallest absolute Gasteiger partial charge is 0.326 e. The van der Waals surface area contributed by atoms with Gasteiger partial charge in [0, 0.05) is 0 Å². The van der Waals surface area contributed by atoms with E-state index in [2.05, 4.69) is 0 Å². The van der Waals surface area contributed by atoms with Crippen LogP contribution in [0.3, 0.4) is 0 Å². The zero-order chi connectivity index (χ0) is 14.4. The van der Waals surface area contributed by atoms with E-state index in [1.165, 1.54) is 0 Å². The summed E-state index contributed by atoms with van der Waals surface area (Å²) in [5.41, 5.74) is 5.54. The second-order valence-electron chi connectivity index (χ2n) is 5.27. The van der Waals surface area contributed by atoms with Crippen molar-refractivity contribution in [3.8, 4) is 0 Å². The minimum atomic E-state index is -0.763. The number of carbonyl (C=O) groups excluding carboxylic acids is 1. The van der Waals surface area contributed by atoms with Gasteiger partial charge in [0.2, 0.25) is 0 Å².